The Labute approximate surface area is 241 Å². The average Bonchev–Trinajstić information content (AvgIpc) is 3.29. The van der Waals surface area contributed by atoms with Crippen molar-refractivity contribution in [3.63, 3.8) is 0 Å². The first-order valence-corrected chi connectivity index (χ1v) is 13.9. The normalized spacial score (nSPS) is 30.9. The van der Waals surface area contributed by atoms with Crippen molar-refractivity contribution >= 4 is 29.1 Å². The predicted molar refractivity (Wildman–Crippen MR) is 147 cm³/mol. The van der Waals surface area contributed by atoms with Crippen molar-refractivity contribution in [3.8, 4) is 5.75 Å². The zero-order valence-electron chi connectivity index (χ0n) is 23.0. The van der Waals surface area contributed by atoms with Gasteiger partial charge in [0, 0.05) is 42.2 Å². The summed E-state index contributed by atoms with van der Waals surface area (Å²) >= 11 is 6.84. The minimum Gasteiger partial charge on any atom is -0.510 e. The van der Waals surface area contributed by atoms with Crippen molar-refractivity contribution in [2.75, 3.05) is 27.2 Å². The maximum Gasteiger partial charge on any atom is 0.255 e. The number of primary amides is 1. The Morgan fingerprint density at radius 3 is 2.59 bits per heavy atom. The van der Waals surface area contributed by atoms with Crippen LogP contribution in [-0.4, -0.2) is 104 Å². The van der Waals surface area contributed by atoms with Gasteiger partial charge in [-0.1, -0.05) is 11.6 Å². The number of likely N-dealkylation sites (N-methyl/N-ethyl adjacent to an activating group) is 1. The molecule has 1 fully saturated rings. The van der Waals surface area contributed by atoms with E-state index in [2.05, 4.69) is 10.2 Å². The SMILES string of the molecule is CC(O)N[C@@H]1CCN(Cc2cc(O)c3c(c2Cl)C[C@H]2C[C@H]4[C@H](N(C)C)C(O)=C(C(N)=O)C(=O)[C@@]4(O)C(O)=C2C3=O)C1. The number of likely N-dealkylation sites (tertiary alicyclic amines) is 1. The Morgan fingerprint density at radius 2 is 1.98 bits per heavy atom. The van der Waals surface area contributed by atoms with Crippen LogP contribution in [0, 0.1) is 11.8 Å². The molecule has 1 unspecified atom stereocenters. The van der Waals surface area contributed by atoms with Gasteiger partial charge in [0.05, 0.1) is 11.6 Å². The fourth-order valence-corrected chi connectivity index (χ4v) is 7.45. The van der Waals surface area contributed by atoms with E-state index in [1.165, 1.54) is 11.0 Å². The monoisotopic (exact) mass is 590 g/mol. The Balaban J connectivity index is 1.55. The maximum absolute atomic E-state index is 13.8. The Hall–Kier alpha value is -3.00. The van der Waals surface area contributed by atoms with Crippen LogP contribution in [0.1, 0.15) is 41.3 Å². The number of ketones is 2. The van der Waals surface area contributed by atoms with Crippen LogP contribution in [0.4, 0.5) is 0 Å². The lowest BCUT2D eigenvalue weighted by Gasteiger charge is -2.50. The molecule has 12 nitrogen and oxygen atoms in total. The highest BCUT2D eigenvalue weighted by molar-refractivity contribution is 6.33. The number of rotatable bonds is 6. The van der Waals surface area contributed by atoms with Gasteiger partial charge in [0.2, 0.25) is 5.78 Å². The summed E-state index contributed by atoms with van der Waals surface area (Å²) in [4.78, 5) is 42.9. The second-order valence-corrected chi connectivity index (χ2v) is 12.1. The van der Waals surface area contributed by atoms with E-state index in [1.54, 1.807) is 21.0 Å². The summed E-state index contributed by atoms with van der Waals surface area (Å²) in [6.45, 7) is 3.46. The molecule has 0 aromatic heterocycles. The van der Waals surface area contributed by atoms with E-state index in [0.29, 0.717) is 29.2 Å². The van der Waals surface area contributed by atoms with Gasteiger partial charge in [-0.15, -0.1) is 0 Å². The third-order valence-electron chi connectivity index (χ3n) is 8.87. The van der Waals surface area contributed by atoms with Crippen LogP contribution in [0.3, 0.4) is 0 Å². The van der Waals surface area contributed by atoms with Crippen molar-refractivity contribution in [2.24, 2.45) is 17.6 Å². The topological polar surface area (TPSA) is 197 Å². The van der Waals surface area contributed by atoms with Crippen molar-refractivity contribution in [2.45, 2.75) is 56.6 Å². The second-order valence-electron chi connectivity index (χ2n) is 11.7. The number of nitrogens with one attached hydrogen (secondary N) is 1. The van der Waals surface area contributed by atoms with Crippen molar-refractivity contribution in [3.05, 3.63) is 50.4 Å². The molecule has 6 atom stereocenters. The number of hydrogen-bond donors (Lipinski definition) is 7. The summed E-state index contributed by atoms with van der Waals surface area (Å²) in [7, 11) is 3.16. The van der Waals surface area contributed by atoms with Gasteiger partial charge in [-0.05, 0) is 63.4 Å². The van der Waals surface area contributed by atoms with Crippen LogP contribution in [0.2, 0.25) is 5.02 Å². The molecule has 13 heteroatoms. The number of fused-ring (bicyclic) bond motifs is 3. The maximum atomic E-state index is 13.8. The average molecular weight is 591 g/mol. The number of aliphatic hydroxyl groups is 4. The third-order valence-corrected chi connectivity index (χ3v) is 9.34. The number of aliphatic hydroxyl groups excluding tert-OH is 3. The Kier molecular flexibility index (Phi) is 7.46. The molecule has 4 aliphatic rings. The molecule has 0 bridgehead atoms. The molecule has 1 aromatic carbocycles. The lowest BCUT2D eigenvalue weighted by Crippen LogP contribution is -2.63. The number of phenols is 1. The summed E-state index contributed by atoms with van der Waals surface area (Å²) < 4.78 is 0. The molecular formula is C28H35ClN4O8. The van der Waals surface area contributed by atoms with E-state index in [4.69, 9.17) is 17.3 Å². The molecule has 1 saturated heterocycles. The number of carbonyl (C=O) groups excluding carboxylic acids is 3. The first-order chi connectivity index (χ1) is 19.2. The molecule has 0 saturated carbocycles. The number of phenolic OH excluding ortho intramolecular Hbond substituents is 1. The van der Waals surface area contributed by atoms with Gasteiger partial charge in [-0.3, -0.25) is 29.5 Å². The minimum absolute atomic E-state index is 0.00804. The number of nitrogens with two attached hydrogens (primary N) is 1. The van der Waals surface area contributed by atoms with Crippen LogP contribution in [0.5, 0.6) is 5.75 Å². The van der Waals surface area contributed by atoms with E-state index in [9.17, 15) is 39.9 Å². The fourth-order valence-electron chi connectivity index (χ4n) is 7.16. The standard InChI is InChI=1S/C28H35ClN4O8/c1-11(34)31-14-4-5-33(10-14)9-13-8-17(35)19-15(21(13)29)6-12-7-16-22(32(2)3)24(37)20(27(30)40)26(39)28(16,41)25(38)18(12)23(19)36/h8,11-12,14,16,22,31,34-35,37-38,41H,4-7,9-10H2,1-3H3,(H2,30,40)/t11?,12-,14+,16-,22-,28-/m0/s1. The zero-order chi connectivity index (χ0) is 30.1. The zero-order valence-corrected chi connectivity index (χ0v) is 23.8. The summed E-state index contributed by atoms with van der Waals surface area (Å²) in [5.74, 6) is -6.99. The quantitative estimate of drug-likeness (QED) is 0.177. The summed E-state index contributed by atoms with van der Waals surface area (Å²) in [6, 6.07) is 0.447. The largest absolute Gasteiger partial charge is 0.510 e. The van der Waals surface area contributed by atoms with Crippen LogP contribution in [0.15, 0.2) is 28.7 Å². The molecule has 1 aromatic rings. The number of halogens is 1. The van der Waals surface area contributed by atoms with Crippen molar-refractivity contribution in [1.82, 2.24) is 15.1 Å². The van der Waals surface area contributed by atoms with Crippen LogP contribution < -0.4 is 11.1 Å². The molecule has 1 heterocycles. The van der Waals surface area contributed by atoms with Gasteiger partial charge < -0.3 is 31.3 Å². The number of carbonyl (C=O) groups is 3. The van der Waals surface area contributed by atoms with Gasteiger partial charge in [0.25, 0.3) is 5.91 Å². The number of nitrogens with zero attached hydrogens (tertiary/aromatic N) is 2. The molecule has 8 N–H and O–H groups in total. The van der Waals surface area contributed by atoms with Gasteiger partial charge in [0.1, 0.15) is 29.1 Å². The first kappa shape index (κ1) is 29.5. The molecule has 0 radical (unpaired) electrons. The fraction of sp³-hybridized carbons (Fsp3) is 0.536. The molecule has 1 amide bonds. The lowest BCUT2D eigenvalue weighted by atomic mass is 9.58. The highest BCUT2D eigenvalue weighted by atomic mass is 35.5. The Bertz CT molecular complexity index is 1410. The van der Waals surface area contributed by atoms with Gasteiger partial charge >= 0.3 is 0 Å². The van der Waals surface area contributed by atoms with Crippen molar-refractivity contribution < 1.29 is 39.9 Å². The van der Waals surface area contributed by atoms with E-state index >= 15 is 0 Å². The van der Waals surface area contributed by atoms with Crippen LogP contribution >= 0.6 is 11.6 Å². The van der Waals surface area contributed by atoms with Crippen molar-refractivity contribution in [1.29, 1.82) is 0 Å². The molecule has 222 valence electrons. The molecule has 1 aliphatic heterocycles. The van der Waals surface area contributed by atoms with E-state index in [0.717, 1.165) is 13.0 Å². The number of amides is 1. The minimum atomic E-state index is -2.68. The highest BCUT2D eigenvalue weighted by Crippen LogP contribution is 2.53. The van der Waals surface area contributed by atoms with E-state index in [-0.39, 0.29) is 35.8 Å². The van der Waals surface area contributed by atoms with Gasteiger partial charge in [-0.25, -0.2) is 0 Å². The third kappa shape index (κ3) is 4.53. The Morgan fingerprint density at radius 1 is 1.29 bits per heavy atom. The highest BCUT2D eigenvalue weighted by Gasteiger charge is 2.63. The van der Waals surface area contributed by atoms with Gasteiger partial charge in [0.15, 0.2) is 11.4 Å². The number of Topliss-reactive ketones (excluding diaryl/α,β-unsaturated/α-hetero) is 2. The summed E-state index contributed by atoms with van der Waals surface area (Å²) in [5.41, 5.74) is 2.50. The number of benzene rings is 1. The second kappa shape index (κ2) is 10.4. The van der Waals surface area contributed by atoms with Crippen LogP contribution in [0.25, 0.3) is 0 Å². The van der Waals surface area contributed by atoms with E-state index < -0.39 is 64.3 Å². The van der Waals surface area contributed by atoms with Crippen LogP contribution in [-0.2, 0) is 22.6 Å². The van der Waals surface area contributed by atoms with Gasteiger partial charge in [-0.2, -0.15) is 0 Å². The lowest BCUT2D eigenvalue weighted by molar-refractivity contribution is -0.148. The molecule has 5 rings (SSSR count). The number of allylic oxidation sites excluding steroid dienone is 1. The number of hydrogen-bond acceptors (Lipinski definition) is 11. The summed E-state index contributed by atoms with van der Waals surface area (Å²) in [6.07, 6.45) is 0.301. The van der Waals surface area contributed by atoms with E-state index in [1.807, 2.05) is 0 Å². The number of aromatic hydroxyl groups is 1. The first-order valence-electron chi connectivity index (χ1n) is 13.5. The molecule has 0 spiro atoms. The predicted octanol–water partition coefficient (Wildman–Crippen LogP) is 0.276. The molecule has 3 aliphatic carbocycles. The molecular weight excluding hydrogens is 556 g/mol. The summed E-state index contributed by atoms with van der Waals surface area (Å²) in [5, 5.41) is 57.9. The molecule has 41 heavy (non-hydrogen) atoms. The smallest absolute Gasteiger partial charge is 0.255 e.